The van der Waals surface area contributed by atoms with Crippen molar-refractivity contribution in [2.24, 2.45) is 0 Å². The third-order valence-corrected chi connectivity index (χ3v) is 4.25. The highest BCUT2D eigenvalue weighted by Gasteiger charge is 2.11. The van der Waals surface area contributed by atoms with Crippen molar-refractivity contribution in [3.63, 3.8) is 0 Å². The number of halogens is 2. The summed E-state index contributed by atoms with van der Waals surface area (Å²) in [4.78, 5) is 6.65. The summed E-state index contributed by atoms with van der Waals surface area (Å²) in [6, 6.07) is 3.49. The topological polar surface area (TPSA) is 29.3 Å². The summed E-state index contributed by atoms with van der Waals surface area (Å²) in [5.41, 5.74) is 2.33. The smallest absolute Gasteiger partial charge is 0.194 e. The van der Waals surface area contributed by atoms with Gasteiger partial charge >= 0.3 is 0 Å². The van der Waals surface area contributed by atoms with E-state index in [0.717, 1.165) is 28.5 Å². The zero-order valence-corrected chi connectivity index (χ0v) is 12.6. The van der Waals surface area contributed by atoms with E-state index in [4.69, 9.17) is 0 Å². The molecule has 0 spiro atoms. The van der Waals surface area contributed by atoms with E-state index in [0.29, 0.717) is 12.1 Å². The molecule has 3 aromatic rings. The van der Waals surface area contributed by atoms with E-state index in [9.17, 15) is 8.78 Å². The van der Waals surface area contributed by atoms with Crippen molar-refractivity contribution in [3.05, 3.63) is 57.9 Å². The summed E-state index contributed by atoms with van der Waals surface area (Å²) in [7, 11) is 0. The first-order valence-electron chi connectivity index (χ1n) is 6.63. The van der Waals surface area contributed by atoms with Crippen molar-refractivity contribution < 1.29 is 8.78 Å². The molecule has 21 heavy (non-hydrogen) atoms. The Bertz CT molecular complexity index is 792. The highest BCUT2D eigenvalue weighted by Crippen LogP contribution is 2.20. The molecule has 0 aliphatic heterocycles. The van der Waals surface area contributed by atoms with Gasteiger partial charge in [0.25, 0.3) is 0 Å². The standard InChI is InChI=1S/C15H15F2N3S/c1-9-8-20-14(10(2)19-15(20)21-9)7-18-6-11-5-12(16)3-4-13(11)17/h3-5,8,18H,6-7H2,1-2H3. The van der Waals surface area contributed by atoms with E-state index < -0.39 is 11.6 Å². The minimum atomic E-state index is -0.426. The van der Waals surface area contributed by atoms with Crippen LogP contribution in [0.15, 0.2) is 24.4 Å². The van der Waals surface area contributed by atoms with E-state index in [1.165, 1.54) is 10.9 Å². The van der Waals surface area contributed by atoms with Crippen molar-refractivity contribution in [1.82, 2.24) is 14.7 Å². The SMILES string of the molecule is Cc1cn2c(CNCc3cc(F)ccc3F)c(C)nc2s1. The molecule has 0 amide bonds. The summed E-state index contributed by atoms with van der Waals surface area (Å²) < 4.78 is 28.7. The molecule has 0 bridgehead atoms. The number of hydrogen-bond acceptors (Lipinski definition) is 3. The average Bonchev–Trinajstić information content (AvgIpc) is 2.90. The summed E-state index contributed by atoms with van der Waals surface area (Å²) in [5.74, 6) is -0.824. The van der Waals surface area contributed by atoms with Gasteiger partial charge in [-0.3, -0.25) is 4.40 Å². The van der Waals surface area contributed by atoms with E-state index in [1.54, 1.807) is 11.3 Å². The molecule has 1 N–H and O–H groups in total. The molecule has 0 aliphatic rings. The fraction of sp³-hybridized carbons (Fsp3) is 0.267. The number of fused-ring (bicyclic) bond motifs is 1. The first-order chi connectivity index (χ1) is 10.0. The monoisotopic (exact) mass is 307 g/mol. The molecular formula is C15H15F2N3S. The normalized spacial score (nSPS) is 11.4. The van der Waals surface area contributed by atoms with Gasteiger partial charge in [-0.05, 0) is 32.0 Å². The number of hydrogen-bond donors (Lipinski definition) is 1. The van der Waals surface area contributed by atoms with Gasteiger partial charge in [0, 0.05) is 29.7 Å². The van der Waals surface area contributed by atoms with Gasteiger partial charge in [-0.1, -0.05) is 0 Å². The van der Waals surface area contributed by atoms with Gasteiger partial charge in [-0.2, -0.15) is 0 Å². The summed E-state index contributed by atoms with van der Waals surface area (Å²) in [6.45, 7) is 4.82. The van der Waals surface area contributed by atoms with Crippen LogP contribution in [0.2, 0.25) is 0 Å². The van der Waals surface area contributed by atoms with Crippen LogP contribution in [0.3, 0.4) is 0 Å². The Hall–Kier alpha value is -1.79. The number of nitrogens with zero attached hydrogens (tertiary/aromatic N) is 2. The second kappa shape index (κ2) is 5.54. The first kappa shape index (κ1) is 14.2. The Morgan fingerprint density at radius 1 is 1.24 bits per heavy atom. The molecular weight excluding hydrogens is 292 g/mol. The van der Waals surface area contributed by atoms with Gasteiger partial charge in [-0.15, -0.1) is 11.3 Å². The molecule has 0 fully saturated rings. The van der Waals surface area contributed by atoms with E-state index in [2.05, 4.69) is 10.3 Å². The zero-order valence-electron chi connectivity index (χ0n) is 11.8. The molecule has 3 rings (SSSR count). The molecule has 0 aliphatic carbocycles. The molecule has 1 aromatic carbocycles. The molecule has 2 aromatic heterocycles. The molecule has 0 atom stereocenters. The van der Waals surface area contributed by atoms with Gasteiger partial charge in [0.15, 0.2) is 4.96 Å². The van der Waals surface area contributed by atoms with E-state index in [-0.39, 0.29) is 6.54 Å². The highest BCUT2D eigenvalue weighted by atomic mass is 32.1. The number of benzene rings is 1. The Balaban J connectivity index is 1.74. The molecule has 110 valence electrons. The number of rotatable bonds is 4. The van der Waals surface area contributed by atoms with Crippen molar-refractivity contribution in [2.75, 3.05) is 0 Å². The van der Waals surface area contributed by atoms with Gasteiger partial charge in [-0.25, -0.2) is 13.8 Å². The van der Waals surface area contributed by atoms with Crippen LogP contribution >= 0.6 is 11.3 Å². The van der Waals surface area contributed by atoms with Crippen LogP contribution in [0.1, 0.15) is 21.8 Å². The van der Waals surface area contributed by atoms with Crippen molar-refractivity contribution in [1.29, 1.82) is 0 Å². The quantitative estimate of drug-likeness (QED) is 0.798. The lowest BCUT2D eigenvalue weighted by Crippen LogP contribution is -2.15. The Morgan fingerprint density at radius 3 is 2.86 bits per heavy atom. The largest absolute Gasteiger partial charge is 0.307 e. The van der Waals surface area contributed by atoms with Gasteiger partial charge < -0.3 is 5.32 Å². The Labute approximate surface area is 125 Å². The van der Waals surface area contributed by atoms with Crippen LogP contribution in [0.4, 0.5) is 8.78 Å². The predicted molar refractivity (Wildman–Crippen MR) is 79.4 cm³/mol. The molecule has 0 unspecified atom stereocenters. The Morgan fingerprint density at radius 2 is 2.05 bits per heavy atom. The minimum Gasteiger partial charge on any atom is -0.307 e. The van der Waals surface area contributed by atoms with Crippen molar-refractivity contribution in [3.8, 4) is 0 Å². The van der Waals surface area contributed by atoms with Crippen LogP contribution < -0.4 is 5.32 Å². The summed E-state index contributed by atoms with van der Waals surface area (Å²) in [5, 5.41) is 3.15. The van der Waals surface area contributed by atoms with E-state index >= 15 is 0 Å². The minimum absolute atomic E-state index is 0.277. The average molecular weight is 307 g/mol. The number of imidazole rings is 1. The maximum absolute atomic E-state index is 13.5. The zero-order chi connectivity index (χ0) is 15.0. The van der Waals surface area contributed by atoms with Gasteiger partial charge in [0.1, 0.15) is 11.6 Å². The van der Waals surface area contributed by atoms with Crippen molar-refractivity contribution >= 4 is 16.3 Å². The van der Waals surface area contributed by atoms with Gasteiger partial charge in [0.05, 0.1) is 11.4 Å². The van der Waals surface area contributed by atoms with Crippen LogP contribution in [-0.4, -0.2) is 9.38 Å². The van der Waals surface area contributed by atoms with Crippen molar-refractivity contribution in [2.45, 2.75) is 26.9 Å². The fourth-order valence-electron chi connectivity index (χ4n) is 2.32. The lowest BCUT2D eigenvalue weighted by atomic mass is 10.2. The van der Waals surface area contributed by atoms with Crippen LogP contribution in [0.5, 0.6) is 0 Å². The van der Waals surface area contributed by atoms with Crippen LogP contribution in [0.25, 0.3) is 4.96 Å². The third-order valence-electron chi connectivity index (χ3n) is 3.36. The highest BCUT2D eigenvalue weighted by molar-refractivity contribution is 7.17. The number of aryl methyl sites for hydroxylation is 2. The molecule has 6 heteroatoms. The lowest BCUT2D eigenvalue weighted by molar-refractivity contribution is 0.566. The fourth-order valence-corrected chi connectivity index (χ4v) is 3.21. The number of thiazole rings is 1. The van der Waals surface area contributed by atoms with E-state index in [1.807, 2.05) is 24.4 Å². The van der Waals surface area contributed by atoms with Crippen LogP contribution in [-0.2, 0) is 13.1 Å². The molecule has 0 saturated carbocycles. The van der Waals surface area contributed by atoms with Crippen LogP contribution in [0, 0.1) is 25.5 Å². The molecule has 3 nitrogen and oxygen atoms in total. The summed E-state index contributed by atoms with van der Waals surface area (Å²) in [6.07, 6.45) is 2.04. The molecule has 0 saturated heterocycles. The molecule has 2 heterocycles. The molecule has 0 radical (unpaired) electrons. The first-order valence-corrected chi connectivity index (χ1v) is 7.45. The Kier molecular flexibility index (Phi) is 3.73. The number of nitrogens with one attached hydrogen (secondary N) is 1. The second-order valence-corrected chi connectivity index (χ2v) is 6.19. The maximum atomic E-state index is 13.5. The maximum Gasteiger partial charge on any atom is 0.194 e. The number of aromatic nitrogens is 2. The second-order valence-electron chi connectivity index (χ2n) is 4.98. The predicted octanol–water partition coefficient (Wildman–Crippen LogP) is 3.58. The third kappa shape index (κ3) is 2.82. The van der Waals surface area contributed by atoms with Gasteiger partial charge in [0.2, 0.25) is 0 Å². The summed E-state index contributed by atoms with van der Waals surface area (Å²) >= 11 is 1.64. The lowest BCUT2D eigenvalue weighted by Gasteiger charge is -2.06.